The van der Waals surface area contributed by atoms with Gasteiger partial charge in [-0.2, -0.15) is 5.10 Å². The molecule has 2 aromatic carbocycles. The molecule has 1 saturated heterocycles. The fourth-order valence-electron chi connectivity index (χ4n) is 4.57. The number of nitrogens with zero attached hydrogens (tertiary/aromatic N) is 3. The van der Waals surface area contributed by atoms with Crippen molar-refractivity contribution < 1.29 is 4.79 Å². The summed E-state index contributed by atoms with van der Waals surface area (Å²) in [6.07, 6.45) is 3.92. The van der Waals surface area contributed by atoms with E-state index in [0.29, 0.717) is 6.54 Å². The van der Waals surface area contributed by atoms with Crippen molar-refractivity contribution in [1.82, 2.24) is 20.0 Å². The van der Waals surface area contributed by atoms with Crippen molar-refractivity contribution in [2.75, 3.05) is 19.6 Å². The normalized spacial score (nSPS) is 15.2. The minimum atomic E-state index is -0.441. The van der Waals surface area contributed by atoms with Crippen molar-refractivity contribution in [3.63, 3.8) is 0 Å². The molecule has 0 spiro atoms. The fourth-order valence-corrected chi connectivity index (χ4v) is 4.57. The summed E-state index contributed by atoms with van der Waals surface area (Å²) >= 11 is 0. The quantitative estimate of drug-likeness (QED) is 0.564. The SMILES string of the molecule is Cc1ccc(-n2ccc(=O)c(C(=O)NC[C@H](c3ccc(C(C)(C)C)cc3)N3CCCC3)n2)cc1C. The van der Waals surface area contributed by atoms with Crippen molar-refractivity contribution in [2.24, 2.45) is 0 Å². The van der Waals surface area contributed by atoms with Gasteiger partial charge in [0.15, 0.2) is 5.69 Å². The van der Waals surface area contributed by atoms with E-state index < -0.39 is 5.91 Å². The van der Waals surface area contributed by atoms with Crippen LogP contribution in [-0.4, -0.2) is 40.2 Å². The minimum absolute atomic E-state index is 0.0566. The van der Waals surface area contributed by atoms with E-state index in [2.05, 4.69) is 60.4 Å². The van der Waals surface area contributed by atoms with Crippen LogP contribution in [0.4, 0.5) is 0 Å². The van der Waals surface area contributed by atoms with E-state index in [1.807, 2.05) is 32.0 Å². The zero-order valence-corrected chi connectivity index (χ0v) is 21.5. The van der Waals surface area contributed by atoms with Crippen LogP contribution < -0.4 is 10.7 Å². The Morgan fingerprint density at radius 3 is 2.31 bits per heavy atom. The lowest BCUT2D eigenvalue weighted by molar-refractivity contribution is 0.0930. The molecule has 6 nitrogen and oxygen atoms in total. The first-order valence-corrected chi connectivity index (χ1v) is 12.4. The summed E-state index contributed by atoms with van der Waals surface area (Å²) in [7, 11) is 0. The summed E-state index contributed by atoms with van der Waals surface area (Å²) in [5, 5.41) is 7.38. The van der Waals surface area contributed by atoms with E-state index in [0.717, 1.165) is 37.2 Å². The second kappa shape index (κ2) is 10.2. The topological polar surface area (TPSA) is 67.2 Å². The lowest BCUT2D eigenvalue weighted by atomic mass is 9.86. The summed E-state index contributed by atoms with van der Waals surface area (Å²) in [6.45, 7) is 13.1. The smallest absolute Gasteiger partial charge is 0.275 e. The van der Waals surface area contributed by atoms with E-state index in [1.165, 1.54) is 22.8 Å². The number of hydrogen-bond donors (Lipinski definition) is 1. The number of amides is 1. The van der Waals surface area contributed by atoms with Gasteiger partial charge in [-0.3, -0.25) is 14.5 Å². The molecular weight excluding hydrogens is 436 g/mol. The average Bonchev–Trinajstić information content (AvgIpc) is 3.35. The highest BCUT2D eigenvalue weighted by atomic mass is 16.2. The van der Waals surface area contributed by atoms with E-state index in [9.17, 15) is 9.59 Å². The molecule has 1 aliphatic heterocycles. The van der Waals surface area contributed by atoms with Crippen molar-refractivity contribution in [1.29, 1.82) is 0 Å². The Hall–Kier alpha value is -3.25. The number of likely N-dealkylation sites (tertiary alicyclic amines) is 1. The van der Waals surface area contributed by atoms with Crippen LogP contribution in [0.5, 0.6) is 0 Å². The number of nitrogens with one attached hydrogen (secondary N) is 1. The van der Waals surface area contributed by atoms with Crippen LogP contribution in [0.3, 0.4) is 0 Å². The van der Waals surface area contributed by atoms with Gasteiger partial charge in [0.25, 0.3) is 5.91 Å². The van der Waals surface area contributed by atoms with Gasteiger partial charge in [-0.25, -0.2) is 4.68 Å². The van der Waals surface area contributed by atoms with Crippen LogP contribution in [-0.2, 0) is 5.41 Å². The summed E-state index contributed by atoms with van der Waals surface area (Å²) in [5.41, 5.74) is 5.20. The molecule has 1 N–H and O–H groups in total. The van der Waals surface area contributed by atoms with Gasteiger partial charge < -0.3 is 5.32 Å². The number of aryl methyl sites for hydroxylation is 2. The summed E-state index contributed by atoms with van der Waals surface area (Å²) < 4.78 is 1.59. The largest absolute Gasteiger partial charge is 0.349 e. The predicted octanol–water partition coefficient (Wildman–Crippen LogP) is 4.71. The molecule has 1 fully saturated rings. The molecule has 0 bridgehead atoms. The number of carbonyl (C=O) groups excluding carboxylic acids is 1. The monoisotopic (exact) mass is 472 g/mol. The van der Waals surface area contributed by atoms with Crippen molar-refractivity contribution in [3.05, 3.63) is 92.9 Å². The van der Waals surface area contributed by atoms with Crippen LogP contribution in [0.1, 0.15) is 72.4 Å². The van der Waals surface area contributed by atoms with Crippen molar-refractivity contribution in [3.8, 4) is 5.69 Å². The molecule has 1 atom stereocenters. The minimum Gasteiger partial charge on any atom is -0.349 e. The maximum atomic E-state index is 13.1. The Morgan fingerprint density at radius 2 is 1.69 bits per heavy atom. The molecule has 184 valence electrons. The molecule has 0 aliphatic carbocycles. The molecule has 4 rings (SSSR count). The van der Waals surface area contributed by atoms with Crippen LogP contribution in [0.15, 0.2) is 59.5 Å². The van der Waals surface area contributed by atoms with Gasteiger partial charge in [-0.05, 0) is 79.6 Å². The second-order valence-corrected chi connectivity index (χ2v) is 10.6. The summed E-state index contributed by atoms with van der Waals surface area (Å²) in [4.78, 5) is 28.0. The highest BCUT2D eigenvalue weighted by Crippen LogP contribution is 2.28. The maximum absolute atomic E-state index is 13.1. The van der Waals surface area contributed by atoms with Gasteiger partial charge in [0.2, 0.25) is 5.43 Å². The van der Waals surface area contributed by atoms with Crippen LogP contribution in [0.2, 0.25) is 0 Å². The summed E-state index contributed by atoms with van der Waals surface area (Å²) in [6, 6.07) is 16.1. The highest BCUT2D eigenvalue weighted by molar-refractivity contribution is 5.92. The van der Waals surface area contributed by atoms with Gasteiger partial charge >= 0.3 is 0 Å². The van der Waals surface area contributed by atoms with Crippen LogP contribution in [0.25, 0.3) is 5.69 Å². The Balaban J connectivity index is 1.55. The summed E-state index contributed by atoms with van der Waals surface area (Å²) in [5.74, 6) is -0.441. The number of aromatic nitrogens is 2. The van der Waals surface area contributed by atoms with Gasteiger partial charge in [0, 0.05) is 18.8 Å². The molecule has 0 radical (unpaired) electrons. The molecule has 0 saturated carbocycles. The molecule has 1 aliphatic rings. The Bertz CT molecular complexity index is 1250. The second-order valence-electron chi connectivity index (χ2n) is 10.6. The van der Waals surface area contributed by atoms with Gasteiger partial charge in [-0.1, -0.05) is 51.1 Å². The van der Waals surface area contributed by atoms with E-state index in [4.69, 9.17) is 0 Å². The zero-order valence-electron chi connectivity index (χ0n) is 21.5. The zero-order chi connectivity index (χ0) is 25.2. The van der Waals surface area contributed by atoms with Gasteiger partial charge in [-0.15, -0.1) is 0 Å². The molecule has 1 aromatic heterocycles. The number of hydrogen-bond acceptors (Lipinski definition) is 4. The lowest BCUT2D eigenvalue weighted by Crippen LogP contribution is -2.39. The van der Waals surface area contributed by atoms with Gasteiger partial charge in [0.1, 0.15) is 0 Å². The molecule has 35 heavy (non-hydrogen) atoms. The third-order valence-corrected chi connectivity index (χ3v) is 6.98. The van der Waals surface area contributed by atoms with Crippen molar-refractivity contribution in [2.45, 2.75) is 58.9 Å². The van der Waals surface area contributed by atoms with E-state index in [-0.39, 0.29) is 22.6 Å². The molecule has 2 heterocycles. The van der Waals surface area contributed by atoms with Crippen LogP contribution in [0, 0.1) is 13.8 Å². The van der Waals surface area contributed by atoms with Crippen molar-refractivity contribution >= 4 is 5.91 Å². The van der Waals surface area contributed by atoms with E-state index in [1.54, 1.807) is 10.9 Å². The number of benzene rings is 2. The van der Waals surface area contributed by atoms with Crippen LogP contribution >= 0.6 is 0 Å². The maximum Gasteiger partial charge on any atom is 0.275 e. The first-order chi connectivity index (χ1) is 16.6. The van der Waals surface area contributed by atoms with E-state index >= 15 is 0 Å². The van der Waals surface area contributed by atoms with Gasteiger partial charge in [0.05, 0.1) is 11.7 Å². The lowest BCUT2D eigenvalue weighted by Gasteiger charge is -2.29. The average molecular weight is 473 g/mol. The first-order valence-electron chi connectivity index (χ1n) is 12.4. The fraction of sp³-hybridized carbons (Fsp3) is 0.414. The Kier molecular flexibility index (Phi) is 7.22. The molecule has 1 amide bonds. The molecule has 3 aromatic rings. The predicted molar refractivity (Wildman–Crippen MR) is 140 cm³/mol. The number of carbonyl (C=O) groups is 1. The number of rotatable bonds is 6. The Morgan fingerprint density at radius 1 is 1.00 bits per heavy atom. The molecular formula is C29H36N4O2. The Labute approximate surface area is 208 Å². The molecule has 0 unspecified atom stereocenters. The third kappa shape index (κ3) is 5.70. The highest BCUT2D eigenvalue weighted by Gasteiger charge is 2.25. The molecule has 6 heteroatoms. The third-order valence-electron chi connectivity index (χ3n) is 6.98. The first kappa shape index (κ1) is 24.9. The standard InChI is InChI=1S/C29H36N4O2/c1-20-8-13-24(18-21(20)2)33-17-14-26(34)27(31-33)28(35)30-19-25(32-15-6-7-16-32)22-9-11-23(12-10-22)29(3,4)5/h8-14,17-18,25H,6-7,15-16,19H2,1-5H3,(H,30,35)/t25-/m1/s1.